The average molecular weight is 349 g/mol. The van der Waals surface area contributed by atoms with E-state index in [9.17, 15) is 13.2 Å². The second-order valence-corrected chi connectivity index (χ2v) is 7.20. The maximum atomic E-state index is 12.3. The summed E-state index contributed by atoms with van der Waals surface area (Å²) in [6.07, 6.45) is 1.29. The van der Waals surface area contributed by atoms with Crippen LogP contribution in [0.2, 0.25) is 5.02 Å². The second kappa shape index (κ2) is 7.41. The number of carbonyl (C=O) groups excluding carboxylic acids is 1. The van der Waals surface area contributed by atoms with E-state index in [1.807, 2.05) is 13.8 Å². The molecule has 22 heavy (non-hydrogen) atoms. The maximum absolute atomic E-state index is 12.3. The Morgan fingerprint density at radius 2 is 1.95 bits per heavy atom. The zero-order chi connectivity index (χ0) is 17.0. The number of nitrogens with two attached hydrogens (primary N) is 1. The minimum atomic E-state index is -3.75. The molecule has 0 radical (unpaired) electrons. The number of methoxy groups -OCH3 is 1. The predicted octanol–water partition coefficient (Wildman–Crippen LogP) is 1.92. The molecule has 6 nitrogen and oxygen atoms in total. The predicted molar refractivity (Wildman–Crippen MR) is 85.5 cm³/mol. The molecule has 3 N–H and O–H groups in total. The van der Waals surface area contributed by atoms with Gasteiger partial charge >= 0.3 is 5.97 Å². The van der Waals surface area contributed by atoms with Crippen LogP contribution >= 0.6 is 11.6 Å². The first-order valence-corrected chi connectivity index (χ1v) is 8.71. The Morgan fingerprint density at radius 1 is 1.36 bits per heavy atom. The van der Waals surface area contributed by atoms with Gasteiger partial charge in [-0.25, -0.2) is 17.9 Å². The van der Waals surface area contributed by atoms with Gasteiger partial charge in [-0.3, -0.25) is 0 Å². The van der Waals surface area contributed by atoms with Crippen LogP contribution in [-0.2, 0) is 14.8 Å². The minimum absolute atomic E-state index is 0.0136. The van der Waals surface area contributed by atoms with E-state index in [1.54, 1.807) is 0 Å². The maximum Gasteiger partial charge on any atom is 0.339 e. The summed E-state index contributed by atoms with van der Waals surface area (Å²) in [7, 11) is -2.53. The molecule has 0 bridgehead atoms. The van der Waals surface area contributed by atoms with Gasteiger partial charge in [0.25, 0.3) is 0 Å². The van der Waals surface area contributed by atoms with Crippen molar-refractivity contribution in [1.82, 2.24) is 4.72 Å². The molecule has 0 atom stereocenters. The van der Waals surface area contributed by atoms with Crippen LogP contribution in [0.3, 0.4) is 0 Å². The van der Waals surface area contributed by atoms with Gasteiger partial charge < -0.3 is 10.5 Å². The van der Waals surface area contributed by atoms with Crippen LogP contribution in [0.25, 0.3) is 0 Å². The van der Waals surface area contributed by atoms with Crippen molar-refractivity contribution >= 4 is 27.6 Å². The van der Waals surface area contributed by atoms with Crippen LogP contribution < -0.4 is 10.5 Å². The summed E-state index contributed by atoms with van der Waals surface area (Å²) < 4.78 is 31.6. The summed E-state index contributed by atoms with van der Waals surface area (Å²) in [5, 5.41) is 0.0136. The third kappa shape index (κ3) is 4.42. The van der Waals surface area contributed by atoms with Crippen molar-refractivity contribution in [3.8, 4) is 0 Å². The summed E-state index contributed by atoms with van der Waals surface area (Å²) in [6, 6.07) is 3.83. The molecule has 1 rings (SSSR count). The molecule has 0 spiro atoms. The molecular formula is C14H21ClN2O4S. The molecule has 1 aromatic rings. The highest BCUT2D eigenvalue weighted by Gasteiger charge is 2.24. The Morgan fingerprint density at radius 3 is 2.41 bits per heavy atom. The van der Waals surface area contributed by atoms with Crippen LogP contribution in [0, 0.1) is 0 Å². The topological polar surface area (TPSA) is 98.5 Å². The molecule has 0 aromatic heterocycles. The third-order valence-electron chi connectivity index (χ3n) is 3.68. The Hall–Kier alpha value is -1.15. The molecule has 0 saturated heterocycles. The molecular weight excluding hydrogens is 328 g/mol. The van der Waals surface area contributed by atoms with Gasteiger partial charge in [0.15, 0.2) is 0 Å². The van der Waals surface area contributed by atoms with Crippen molar-refractivity contribution in [3.05, 3.63) is 28.8 Å². The van der Waals surface area contributed by atoms with Crippen molar-refractivity contribution in [2.24, 2.45) is 5.73 Å². The standard InChI is InChI=1S/C14H21ClN2O4S/c1-4-14(16,5-2)9-17-22(19,20)10-6-7-11(12(15)8-10)13(18)21-3/h6-8,17H,4-5,9,16H2,1-3H3. The Labute approximate surface area is 136 Å². The fraction of sp³-hybridized carbons (Fsp3) is 0.500. The number of hydrogen-bond donors (Lipinski definition) is 2. The highest BCUT2D eigenvalue weighted by Crippen LogP contribution is 2.22. The van der Waals surface area contributed by atoms with Gasteiger partial charge in [-0.05, 0) is 31.0 Å². The normalized spacial score (nSPS) is 12.2. The second-order valence-electron chi connectivity index (χ2n) is 5.03. The van der Waals surface area contributed by atoms with Crippen molar-refractivity contribution in [1.29, 1.82) is 0 Å². The Bertz CT molecular complexity index is 642. The molecule has 0 saturated carbocycles. The molecule has 0 aliphatic heterocycles. The van der Waals surface area contributed by atoms with E-state index in [0.29, 0.717) is 12.8 Å². The summed E-state index contributed by atoms with van der Waals surface area (Å²) in [4.78, 5) is 11.4. The first-order chi connectivity index (χ1) is 10.2. The van der Waals surface area contributed by atoms with Crippen molar-refractivity contribution in [2.75, 3.05) is 13.7 Å². The average Bonchev–Trinajstić information content (AvgIpc) is 2.51. The van der Waals surface area contributed by atoms with Gasteiger partial charge in [0.1, 0.15) is 0 Å². The number of sulfonamides is 1. The molecule has 124 valence electrons. The fourth-order valence-electron chi connectivity index (χ4n) is 1.76. The van der Waals surface area contributed by atoms with Gasteiger partial charge in [-0.15, -0.1) is 0 Å². The fourth-order valence-corrected chi connectivity index (χ4v) is 3.25. The van der Waals surface area contributed by atoms with Crippen molar-refractivity contribution < 1.29 is 17.9 Å². The number of hydrogen-bond acceptors (Lipinski definition) is 5. The van der Waals surface area contributed by atoms with E-state index in [0.717, 1.165) is 0 Å². The lowest BCUT2D eigenvalue weighted by Gasteiger charge is -2.26. The molecule has 0 heterocycles. The molecule has 0 aliphatic rings. The van der Waals surface area contributed by atoms with E-state index < -0.39 is 21.5 Å². The number of esters is 1. The number of nitrogens with one attached hydrogen (secondary N) is 1. The highest BCUT2D eigenvalue weighted by atomic mass is 35.5. The number of halogens is 1. The zero-order valence-electron chi connectivity index (χ0n) is 12.8. The van der Waals surface area contributed by atoms with E-state index in [1.165, 1.54) is 25.3 Å². The van der Waals surface area contributed by atoms with Crippen LogP contribution in [-0.4, -0.2) is 33.6 Å². The Kier molecular flexibility index (Phi) is 6.37. The highest BCUT2D eigenvalue weighted by molar-refractivity contribution is 7.89. The van der Waals surface area contributed by atoms with Crippen LogP contribution in [0.1, 0.15) is 37.0 Å². The lowest BCUT2D eigenvalue weighted by molar-refractivity contribution is 0.0601. The van der Waals surface area contributed by atoms with E-state index in [2.05, 4.69) is 9.46 Å². The number of carbonyl (C=O) groups is 1. The van der Waals surface area contributed by atoms with Gasteiger partial charge in [0, 0.05) is 12.1 Å². The third-order valence-corrected chi connectivity index (χ3v) is 5.39. The van der Waals surface area contributed by atoms with E-state index in [4.69, 9.17) is 17.3 Å². The first-order valence-electron chi connectivity index (χ1n) is 6.85. The lowest BCUT2D eigenvalue weighted by atomic mass is 9.95. The zero-order valence-corrected chi connectivity index (χ0v) is 14.4. The van der Waals surface area contributed by atoms with Gasteiger partial charge in [-0.2, -0.15) is 0 Å². The van der Waals surface area contributed by atoms with Crippen LogP contribution in [0.4, 0.5) is 0 Å². The molecule has 0 unspecified atom stereocenters. The molecule has 8 heteroatoms. The van der Waals surface area contributed by atoms with E-state index in [-0.39, 0.29) is 22.0 Å². The van der Waals surface area contributed by atoms with Crippen LogP contribution in [0.15, 0.2) is 23.1 Å². The van der Waals surface area contributed by atoms with Crippen molar-refractivity contribution in [2.45, 2.75) is 37.1 Å². The molecule has 0 aliphatic carbocycles. The van der Waals surface area contributed by atoms with Crippen LogP contribution in [0.5, 0.6) is 0 Å². The molecule has 0 amide bonds. The van der Waals surface area contributed by atoms with Crippen molar-refractivity contribution in [3.63, 3.8) is 0 Å². The number of ether oxygens (including phenoxy) is 1. The first kappa shape index (κ1) is 18.9. The van der Waals surface area contributed by atoms with E-state index >= 15 is 0 Å². The summed E-state index contributed by atoms with van der Waals surface area (Å²) in [5.74, 6) is -0.625. The minimum Gasteiger partial charge on any atom is -0.465 e. The summed E-state index contributed by atoms with van der Waals surface area (Å²) in [5.41, 5.74) is 5.59. The van der Waals surface area contributed by atoms with Gasteiger partial charge in [0.2, 0.25) is 10.0 Å². The number of rotatable bonds is 7. The quantitative estimate of drug-likeness (QED) is 0.733. The lowest BCUT2D eigenvalue weighted by Crippen LogP contribution is -2.49. The van der Waals surface area contributed by atoms with Gasteiger partial charge in [0.05, 0.1) is 22.6 Å². The molecule has 1 aromatic carbocycles. The number of benzene rings is 1. The molecule has 0 fully saturated rings. The smallest absolute Gasteiger partial charge is 0.339 e. The summed E-state index contributed by atoms with van der Waals surface area (Å²) >= 11 is 5.94. The van der Waals surface area contributed by atoms with Gasteiger partial charge in [-0.1, -0.05) is 25.4 Å². The monoisotopic (exact) mass is 348 g/mol. The Balaban J connectivity index is 2.99. The SMILES string of the molecule is CCC(N)(CC)CNS(=O)(=O)c1ccc(C(=O)OC)c(Cl)c1. The summed E-state index contributed by atoms with van der Waals surface area (Å²) in [6.45, 7) is 3.93. The largest absolute Gasteiger partial charge is 0.465 e.